The number of hydrogen-bond donors (Lipinski definition) is 0. The molecule has 0 unspecified atom stereocenters. The lowest BCUT2D eigenvalue weighted by Crippen LogP contribution is -2.09. The van der Waals surface area contributed by atoms with E-state index < -0.39 is 0 Å². The predicted molar refractivity (Wildman–Crippen MR) is 153 cm³/mol. The fraction of sp³-hybridized carbons (Fsp3) is 0. The summed E-state index contributed by atoms with van der Waals surface area (Å²) < 4.78 is 0. The van der Waals surface area contributed by atoms with Crippen molar-refractivity contribution >= 4 is 17.1 Å². The summed E-state index contributed by atoms with van der Waals surface area (Å²) in [5, 5.41) is 0. The molecule has 6 rings (SSSR count). The maximum atomic E-state index is 4.58. The van der Waals surface area contributed by atoms with Gasteiger partial charge in [-0.2, -0.15) is 0 Å². The monoisotopic (exact) mass is 475 g/mol. The highest BCUT2D eigenvalue weighted by Crippen LogP contribution is 2.36. The van der Waals surface area contributed by atoms with Gasteiger partial charge in [-0.05, 0) is 59.7 Å². The molecule has 37 heavy (non-hydrogen) atoms. The Morgan fingerprint density at radius 1 is 0.351 bits per heavy atom. The Morgan fingerprint density at radius 3 is 1.46 bits per heavy atom. The van der Waals surface area contributed by atoms with Crippen molar-refractivity contribution < 1.29 is 0 Å². The van der Waals surface area contributed by atoms with Gasteiger partial charge in [-0.15, -0.1) is 0 Å². The van der Waals surface area contributed by atoms with Crippen LogP contribution in [0.5, 0.6) is 0 Å². The number of nitrogens with zero attached hydrogens (tertiary/aromatic N) is 3. The van der Waals surface area contributed by atoms with Crippen LogP contribution in [0.3, 0.4) is 0 Å². The van der Waals surface area contributed by atoms with Crippen molar-refractivity contribution in [1.82, 2.24) is 9.97 Å². The lowest BCUT2D eigenvalue weighted by atomic mass is 10.00. The number of hydrogen-bond acceptors (Lipinski definition) is 3. The summed E-state index contributed by atoms with van der Waals surface area (Å²) >= 11 is 0. The summed E-state index contributed by atoms with van der Waals surface area (Å²) in [5.41, 5.74) is 9.59. The molecule has 5 aromatic carbocycles. The van der Waals surface area contributed by atoms with Gasteiger partial charge in [0, 0.05) is 28.2 Å². The first-order valence-corrected chi connectivity index (χ1v) is 12.3. The Morgan fingerprint density at radius 2 is 0.811 bits per heavy atom. The van der Waals surface area contributed by atoms with Gasteiger partial charge in [-0.3, -0.25) is 0 Å². The van der Waals surface area contributed by atoms with Crippen LogP contribution in [-0.4, -0.2) is 9.97 Å². The number of aromatic nitrogens is 2. The van der Waals surface area contributed by atoms with Crippen LogP contribution in [0.4, 0.5) is 17.1 Å². The molecule has 0 fully saturated rings. The normalized spacial score (nSPS) is 10.7. The smallest absolute Gasteiger partial charge is 0.116 e. The number of anilines is 3. The van der Waals surface area contributed by atoms with Crippen molar-refractivity contribution in [3.63, 3.8) is 0 Å². The minimum atomic E-state index is 0.905. The second-order valence-electron chi connectivity index (χ2n) is 8.79. The quantitative estimate of drug-likeness (QED) is 0.241. The molecule has 0 aliphatic rings. The van der Waals surface area contributed by atoms with E-state index >= 15 is 0 Å². The van der Waals surface area contributed by atoms with Crippen molar-refractivity contribution in [2.75, 3.05) is 4.90 Å². The Kier molecular flexibility index (Phi) is 6.25. The van der Waals surface area contributed by atoms with Gasteiger partial charge in [0.15, 0.2) is 0 Å². The molecule has 6 aromatic rings. The van der Waals surface area contributed by atoms with E-state index in [0.717, 1.165) is 50.7 Å². The van der Waals surface area contributed by atoms with E-state index in [0.29, 0.717) is 0 Å². The fourth-order valence-electron chi connectivity index (χ4n) is 4.57. The summed E-state index contributed by atoms with van der Waals surface area (Å²) in [5.74, 6) is 0. The van der Waals surface area contributed by atoms with Gasteiger partial charge < -0.3 is 4.90 Å². The van der Waals surface area contributed by atoms with Crippen LogP contribution in [0.25, 0.3) is 33.6 Å². The number of para-hydroxylation sites is 2. The van der Waals surface area contributed by atoms with Crippen LogP contribution in [0.1, 0.15) is 0 Å². The minimum absolute atomic E-state index is 0.905. The summed E-state index contributed by atoms with van der Waals surface area (Å²) in [7, 11) is 0. The van der Waals surface area contributed by atoms with Gasteiger partial charge in [0.1, 0.15) is 6.33 Å². The highest BCUT2D eigenvalue weighted by Gasteiger charge is 2.13. The van der Waals surface area contributed by atoms with Gasteiger partial charge in [-0.1, -0.05) is 97.1 Å². The second kappa shape index (κ2) is 10.3. The molecular weight excluding hydrogens is 450 g/mol. The largest absolute Gasteiger partial charge is 0.310 e. The zero-order chi connectivity index (χ0) is 24.9. The second-order valence-corrected chi connectivity index (χ2v) is 8.79. The molecule has 176 valence electrons. The van der Waals surface area contributed by atoms with Crippen LogP contribution < -0.4 is 4.90 Å². The van der Waals surface area contributed by atoms with E-state index in [1.807, 2.05) is 30.3 Å². The van der Waals surface area contributed by atoms with Gasteiger partial charge in [0.2, 0.25) is 0 Å². The average molecular weight is 476 g/mol. The molecule has 0 saturated heterocycles. The highest BCUT2D eigenvalue weighted by molar-refractivity contribution is 5.81. The molecule has 0 bridgehead atoms. The Labute approximate surface area is 217 Å². The molecular formula is C34H25N3. The van der Waals surface area contributed by atoms with Gasteiger partial charge in [-0.25, -0.2) is 9.97 Å². The van der Waals surface area contributed by atoms with Crippen molar-refractivity contribution in [3.05, 3.63) is 152 Å². The molecule has 0 N–H and O–H groups in total. The highest BCUT2D eigenvalue weighted by atomic mass is 15.1. The maximum absolute atomic E-state index is 4.58. The average Bonchev–Trinajstić information content (AvgIpc) is 2.99. The molecule has 3 nitrogen and oxygen atoms in total. The zero-order valence-corrected chi connectivity index (χ0v) is 20.3. The van der Waals surface area contributed by atoms with E-state index in [1.54, 1.807) is 6.33 Å². The van der Waals surface area contributed by atoms with E-state index in [-0.39, 0.29) is 0 Å². The van der Waals surface area contributed by atoms with Crippen molar-refractivity contribution in [2.45, 2.75) is 0 Å². The molecule has 0 aliphatic heterocycles. The Hall–Kier alpha value is -5.02. The number of rotatable bonds is 6. The molecule has 1 aromatic heterocycles. The first kappa shape index (κ1) is 22.4. The van der Waals surface area contributed by atoms with E-state index in [9.17, 15) is 0 Å². The zero-order valence-electron chi connectivity index (χ0n) is 20.3. The molecule has 3 heteroatoms. The summed E-state index contributed by atoms with van der Waals surface area (Å²) in [6.45, 7) is 0. The van der Waals surface area contributed by atoms with E-state index in [1.165, 1.54) is 0 Å². The first-order valence-electron chi connectivity index (χ1n) is 12.3. The van der Waals surface area contributed by atoms with Crippen LogP contribution in [0, 0.1) is 0 Å². The summed E-state index contributed by atoms with van der Waals surface area (Å²) in [6.07, 6.45) is 1.64. The van der Waals surface area contributed by atoms with Gasteiger partial charge in [0.25, 0.3) is 0 Å². The first-order chi connectivity index (χ1) is 18.3. The van der Waals surface area contributed by atoms with Crippen molar-refractivity contribution in [2.24, 2.45) is 0 Å². The molecule has 0 amide bonds. The Balaban J connectivity index is 1.38. The van der Waals surface area contributed by atoms with Crippen LogP contribution in [0.2, 0.25) is 0 Å². The summed E-state index contributed by atoms with van der Waals surface area (Å²) in [6, 6.07) is 50.4. The van der Waals surface area contributed by atoms with E-state index in [4.69, 9.17) is 0 Å². The predicted octanol–water partition coefficient (Wildman–Crippen LogP) is 8.95. The molecule has 0 spiro atoms. The van der Waals surface area contributed by atoms with E-state index in [2.05, 4.69) is 130 Å². The molecule has 0 aliphatic carbocycles. The van der Waals surface area contributed by atoms with Gasteiger partial charge >= 0.3 is 0 Å². The lowest BCUT2D eigenvalue weighted by molar-refractivity contribution is 1.18. The molecule has 0 saturated carbocycles. The molecule has 0 radical (unpaired) electrons. The van der Waals surface area contributed by atoms with Gasteiger partial charge in [0.05, 0.1) is 11.4 Å². The fourth-order valence-corrected chi connectivity index (χ4v) is 4.57. The molecule has 1 heterocycles. The minimum Gasteiger partial charge on any atom is -0.310 e. The Bertz CT molecular complexity index is 1570. The van der Waals surface area contributed by atoms with Crippen LogP contribution in [-0.2, 0) is 0 Å². The standard InChI is InChI=1S/C34H25N3/c1-4-12-26(13-5-1)33-24-34(36-25-35-33)29-16-10-14-27(22-29)28-15-11-21-32(23-28)37(30-17-6-2-7-18-30)31-19-8-3-9-20-31/h1-25H. The SMILES string of the molecule is c1ccc(-c2cc(-c3cccc(-c4cccc(N(c5ccccc5)c5ccccc5)c4)c3)ncn2)cc1. The maximum Gasteiger partial charge on any atom is 0.116 e. The summed E-state index contributed by atoms with van der Waals surface area (Å²) in [4.78, 5) is 11.3. The van der Waals surface area contributed by atoms with Crippen LogP contribution >= 0.6 is 0 Å². The van der Waals surface area contributed by atoms with Crippen molar-refractivity contribution in [1.29, 1.82) is 0 Å². The molecule has 0 atom stereocenters. The third-order valence-corrected chi connectivity index (χ3v) is 6.36. The van der Waals surface area contributed by atoms with Crippen LogP contribution in [0.15, 0.2) is 152 Å². The lowest BCUT2D eigenvalue weighted by Gasteiger charge is -2.26. The topological polar surface area (TPSA) is 29.0 Å². The third-order valence-electron chi connectivity index (χ3n) is 6.36. The third kappa shape index (κ3) is 4.89. The number of benzene rings is 5. The van der Waals surface area contributed by atoms with Crippen molar-refractivity contribution in [3.8, 4) is 33.6 Å².